The van der Waals surface area contributed by atoms with Crippen LogP contribution in [-0.4, -0.2) is 19.1 Å². The molecule has 32 heavy (non-hydrogen) atoms. The number of ether oxygens (including phenoxy) is 2. The molecule has 0 radical (unpaired) electrons. The average molecular weight is 453 g/mol. The van der Waals surface area contributed by atoms with Crippen LogP contribution >= 0.6 is 11.6 Å². The number of rotatable bonds is 10. The van der Waals surface area contributed by atoms with E-state index in [1.807, 2.05) is 68.4 Å². The first-order chi connectivity index (χ1) is 15.5. The maximum atomic E-state index is 12.3. The molecule has 0 saturated carbocycles. The lowest BCUT2D eigenvalue weighted by Crippen LogP contribution is -2.21. The van der Waals surface area contributed by atoms with Gasteiger partial charge < -0.3 is 20.1 Å². The van der Waals surface area contributed by atoms with Crippen LogP contribution in [0.25, 0.3) is 0 Å². The summed E-state index contributed by atoms with van der Waals surface area (Å²) in [6.45, 7) is 6.90. The fourth-order valence-electron chi connectivity index (χ4n) is 3.23. The van der Waals surface area contributed by atoms with Crippen molar-refractivity contribution in [3.8, 4) is 11.5 Å². The topological polar surface area (TPSA) is 59.6 Å². The van der Waals surface area contributed by atoms with E-state index in [-0.39, 0.29) is 18.6 Å². The largest absolute Gasteiger partial charge is 0.490 e. The number of carbonyl (C=O) groups is 1. The van der Waals surface area contributed by atoms with Gasteiger partial charge in [0, 0.05) is 18.3 Å². The zero-order chi connectivity index (χ0) is 22.9. The number of aryl methyl sites for hydroxylation is 1. The minimum absolute atomic E-state index is 0.170. The molecule has 0 aliphatic rings. The van der Waals surface area contributed by atoms with Crippen molar-refractivity contribution in [1.82, 2.24) is 5.32 Å². The Kier molecular flexibility index (Phi) is 8.54. The molecule has 0 saturated heterocycles. The van der Waals surface area contributed by atoms with Crippen molar-refractivity contribution in [2.45, 2.75) is 33.4 Å². The van der Waals surface area contributed by atoms with Gasteiger partial charge in [0.1, 0.15) is 0 Å². The van der Waals surface area contributed by atoms with Gasteiger partial charge in [-0.2, -0.15) is 0 Å². The molecule has 0 aromatic heterocycles. The first-order valence-electron chi connectivity index (χ1n) is 10.7. The molecule has 0 fully saturated rings. The molecule has 6 heteroatoms. The van der Waals surface area contributed by atoms with Gasteiger partial charge in [0.2, 0.25) is 0 Å². The quantitative estimate of drug-likeness (QED) is 0.401. The summed E-state index contributed by atoms with van der Waals surface area (Å²) in [5.41, 5.74) is 4.02. The van der Waals surface area contributed by atoms with Crippen molar-refractivity contribution >= 4 is 23.2 Å². The van der Waals surface area contributed by atoms with Gasteiger partial charge in [-0.25, -0.2) is 0 Å². The molecule has 1 unspecified atom stereocenters. The lowest BCUT2D eigenvalue weighted by atomic mass is 10.1. The van der Waals surface area contributed by atoms with Crippen LogP contribution < -0.4 is 20.1 Å². The van der Waals surface area contributed by atoms with Crippen LogP contribution in [-0.2, 0) is 11.3 Å². The summed E-state index contributed by atoms with van der Waals surface area (Å²) in [6.07, 6.45) is 0. The van der Waals surface area contributed by atoms with Gasteiger partial charge in [0.15, 0.2) is 18.1 Å². The Balaban J connectivity index is 1.64. The zero-order valence-corrected chi connectivity index (χ0v) is 19.4. The highest BCUT2D eigenvalue weighted by molar-refractivity contribution is 6.32. The van der Waals surface area contributed by atoms with Crippen molar-refractivity contribution in [3.05, 3.63) is 88.4 Å². The van der Waals surface area contributed by atoms with Crippen LogP contribution in [0.3, 0.4) is 0 Å². The summed E-state index contributed by atoms with van der Waals surface area (Å²) in [5.74, 6) is 0.620. The van der Waals surface area contributed by atoms with Crippen molar-refractivity contribution in [2.75, 3.05) is 18.5 Å². The second kappa shape index (κ2) is 11.6. The molecule has 5 nitrogen and oxygen atoms in total. The van der Waals surface area contributed by atoms with Crippen molar-refractivity contribution in [1.29, 1.82) is 0 Å². The van der Waals surface area contributed by atoms with E-state index in [0.29, 0.717) is 35.4 Å². The summed E-state index contributed by atoms with van der Waals surface area (Å²) in [7, 11) is 0. The third kappa shape index (κ3) is 6.74. The molecule has 168 valence electrons. The molecule has 2 N–H and O–H groups in total. The molecular weight excluding hydrogens is 424 g/mol. The van der Waals surface area contributed by atoms with E-state index in [2.05, 4.69) is 29.7 Å². The molecule has 0 aliphatic heterocycles. The molecule has 0 heterocycles. The number of nitrogens with one attached hydrogen (secondary N) is 2. The number of carbonyl (C=O) groups excluding carboxylic acids is 1. The molecule has 0 bridgehead atoms. The molecule has 3 rings (SSSR count). The van der Waals surface area contributed by atoms with Crippen LogP contribution in [0.5, 0.6) is 11.5 Å². The molecule has 3 aromatic carbocycles. The highest BCUT2D eigenvalue weighted by Gasteiger charge is 2.15. The first kappa shape index (κ1) is 23.6. The number of amides is 1. The predicted octanol–water partition coefficient (Wildman–Crippen LogP) is 5.92. The Labute approximate surface area is 194 Å². The minimum atomic E-state index is -0.269. The molecule has 0 aliphatic carbocycles. The maximum Gasteiger partial charge on any atom is 0.262 e. The number of anilines is 1. The fraction of sp³-hybridized carbons (Fsp3) is 0.269. The summed E-state index contributed by atoms with van der Waals surface area (Å²) < 4.78 is 11.5. The van der Waals surface area contributed by atoms with Gasteiger partial charge in [-0.3, -0.25) is 4.79 Å². The van der Waals surface area contributed by atoms with Gasteiger partial charge in [-0.1, -0.05) is 59.6 Å². The molecule has 1 atom stereocenters. The Bertz CT molecular complexity index is 1020. The number of hydrogen-bond acceptors (Lipinski definition) is 4. The van der Waals surface area contributed by atoms with Crippen molar-refractivity contribution in [3.63, 3.8) is 0 Å². The van der Waals surface area contributed by atoms with Crippen LogP contribution in [0.1, 0.15) is 36.6 Å². The average Bonchev–Trinajstić information content (AvgIpc) is 2.79. The van der Waals surface area contributed by atoms with E-state index in [4.69, 9.17) is 21.1 Å². The smallest absolute Gasteiger partial charge is 0.262 e. The SMILES string of the molecule is CCOc1cc(CNC(C)c2ccccc2)cc(Cl)c1OCC(=O)Nc1ccc(C)cc1. The Morgan fingerprint density at radius 2 is 1.75 bits per heavy atom. The van der Waals surface area contributed by atoms with E-state index < -0.39 is 0 Å². The summed E-state index contributed by atoms with van der Waals surface area (Å²) >= 11 is 6.50. The standard InChI is InChI=1S/C26H29ClN2O3/c1-4-31-24-15-20(16-28-19(3)21-8-6-5-7-9-21)14-23(27)26(24)32-17-25(30)29-22-12-10-18(2)11-13-22/h5-15,19,28H,4,16-17H2,1-3H3,(H,29,30). The number of benzene rings is 3. The summed E-state index contributed by atoms with van der Waals surface area (Å²) in [4.78, 5) is 12.3. The molecule has 1 amide bonds. The Morgan fingerprint density at radius 1 is 1.03 bits per heavy atom. The third-order valence-corrected chi connectivity index (χ3v) is 5.24. The lowest BCUT2D eigenvalue weighted by Gasteiger charge is -2.17. The Hall–Kier alpha value is -3.02. The number of halogens is 1. The van der Waals surface area contributed by atoms with Gasteiger partial charge in [0.25, 0.3) is 5.91 Å². The Morgan fingerprint density at radius 3 is 2.44 bits per heavy atom. The van der Waals surface area contributed by atoms with Gasteiger partial charge >= 0.3 is 0 Å². The summed E-state index contributed by atoms with van der Waals surface area (Å²) in [6, 6.07) is 21.7. The lowest BCUT2D eigenvalue weighted by molar-refractivity contribution is -0.118. The fourth-order valence-corrected chi connectivity index (χ4v) is 3.52. The van der Waals surface area contributed by atoms with E-state index >= 15 is 0 Å². The minimum Gasteiger partial charge on any atom is -0.490 e. The molecular formula is C26H29ClN2O3. The second-order valence-electron chi connectivity index (χ2n) is 7.55. The van der Waals surface area contributed by atoms with E-state index in [0.717, 1.165) is 11.1 Å². The van der Waals surface area contributed by atoms with Crippen LogP contribution in [0.15, 0.2) is 66.7 Å². The molecule has 0 spiro atoms. The van der Waals surface area contributed by atoms with Gasteiger partial charge in [0.05, 0.1) is 11.6 Å². The monoisotopic (exact) mass is 452 g/mol. The first-order valence-corrected chi connectivity index (χ1v) is 11.1. The molecule has 3 aromatic rings. The maximum absolute atomic E-state index is 12.3. The highest BCUT2D eigenvalue weighted by atomic mass is 35.5. The van der Waals surface area contributed by atoms with E-state index in [1.165, 1.54) is 5.56 Å². The highest BCUT2D eigenvalue weighted by Crippen LogP contribution is 2.37. The summed E-state index contributed by atoms with van der Waals surface area (Å²) in [5, 5.41) is 6.71. The normalized spacial score (nSPS) is 11.6. The van der Waals surface area contributed by atoms with Crippen LogP contribution in [0.2, 0.25) is 5.02 Å². The van der Waals surface area contributed by atoms with Crippen molar-refractivity contribution in [2.24, 2.45) is 0 Å². The van der Waals surface area contributed by atoms with E-state index in [9.17, 15) is 4.79 Å². The second-order valence-corrected chi connectivity index (χ2v) is 7.96. The van der Waals surface area contributed by atoms with Gasteiger partial charge in [-0.15, -0.1) is 0 Å². The van der Waals surface area contributed by atoms with Crippen LogP contribution in [0.4, 0.5) is 5.69 Å². The predicted molar refractivity (Wildman–Crippen MR) is 130 cm³/mol. The zero-order valence-electron chi connectivity index (χ0n) is 18.7. The van der Waals surface area contributed by atoms with Crippen molar-refractivity contribution < 1.29 is 14.3 Å². The van der Waals surface area contributed by atoms with Gasteiger partial charge in [-0.05, 0) is 56.2 Å². The number of hydrogen-bond donors (Lipinski definition) is 2. The van der Waals surface area contributed by atoms with Crippen LogP contribution in [0, 0.1) is 6.92 Å². The van der Waals surface area contributed by atoms with E-state index in [1.54, 1.807) is 0 Å². The third-order valence-electron chi connectivity index (χ3n) is 4.96.